The molecule has 0 aliphatic rings. The van der Waals surface area contributed by atoms with Gasteiger partial charge in [0.05, 0.1) is 16.9 Å². The second-order valence-electron chi connectivity index (χ2n) is 7.16. The zero-order valence-electron chi connectivity index (χ0n) is 17.2. The van der Waals surface area contributed by atoms with Crippen molar-refractivity contribution in [2.75, 3.05) is 11.9 Å². The first kappa shape index (κ1) is 21.8. The molecule has 158 valence electrons. The highest BCUT2D eigenvalue weighted by Gasteiger charge is 2.25. The summed E-state index contributed by atoms with van der Waals surface area (Å²) in [4.78, 5) is 32.1. The molecular formula is C22H24ClFN4O2. The summed E-state index contributed by atoms with van der Waals surface area (Å²) in [6, 6.07) is 9.77. The lowest BCUT2D eigenvalue weighted by molar-refractivity contribution is 0.187. The van der Waals surface area contributed by atoms with E-state index in [2.05, 4.69) is 10.3 Å². The van der Waals surface area contributed by atoms with Crippen molar-refractivity contribution in [1.29, 1.82) is 0 Å². The number of fused-ring (bicyclic) bond motifs is 1. The van der Waals surface area contributed by atoms with E-state index < -0.39 is 11.9 Å². The van der Waals surface area contributed by atoms with E-state index in [0.29, 0.717) is 34.0 Å². The van der Waals surface area contributed by atoms with E-state index in [1.54, 1.807) is 36.2 Å². The van der Waals surface area contributed by atoms with Gasteiger partial charge in [-0.1, -0.05) is 31.0 Å². The zero-order chi connectivity index (χ0) is 21.8. The maximum absolute atomic E-state index is 13.5. The number of carbonyl (C=O) groups is 1. The van der Waals surface area contributed by atoms with Gasteiger partial charge >= 0.3 is 6.03 Å². The molecule has 1 atom stereocenters. The van der Waals surface area contributed by atoms with Crippen molar-refractivity contribution in [3.63, 3.8) is 0 Å². The number of hydrogen-bond acceptors (Lipinski definition) is 3. The number of hydrogen-bond donors (Lipinski definition) is 1. The molecule has 3 rings (SSSR count). The van der Waals surface area contributed by atoms with Crippen molar-refractivity contribution in [3.05, 3.63) is 69.5 Å². The van der Waals surface area contributed by atoms with Crippen molar-refractivity contribution in [2.45, 2.75) is 32.7 Å². The van der Waals surface area contributed by atoms with E-state index in [1.807, 2.05) is 13.8 Å². The van der Waals surface area contributed by atoms with Crippen LogP contribution in [0.25, 0.3) is 10.9 Å². The molecule has 0 fully saturated rings. The van der Waals surface area contributed by atoms with Crippen molar-refractivity contribution >= 4 is 34.2 Å². The Morgan fingerprint density at radius 2 is 2.07 bits per heavy atom. The largest absolute Gasteiger partial charge is 0.322 e. The Balaban J connectivity index is 1.98. The molecule has 0 saturated carbocycles. The van der Waals surface area contributed by atoms with Crippen LogP contribution in [0.3, 0.4) is 0 Å². The van der Waals surface area contributed by atoms with Crippen LogP contribution in [0.2, 0.25) is 5.02 Å². The van der Waals surface area contributed by atoms with Gasteiger partial charge in [0.25, 0.3) is 5.56 Å². The van der Waals surface area contributed by atoms with Crippen molar-refractivity contribution in [3.8, 4) is 0 Å². The number of nitrogens with one attached hydrogen (secondary N) is 1. The summed E-state index contributed by atoms with van der Waals surface area (Å²) in [5.74, 6) is 0.0108. The highest BCUT2D eigenvalue weighted by Crippen LogP contribution is 2.23. The third-order valence-corrected chi connectivity index (χ3v) is 5.24. The second kappa shape index (κ2) is 9.26. The Kier molecular flexibility index (Phi) is 6.72. The molecule has 0 aliphatic carbocycles. The van der Waals surface area contributed by atoms with Crippen LogP contribution in [-0.4, -0.2) is 27.0 Å². The molecule has 0 radical (unpaired) electrons. The molecule has 30 heavy (non-hydrogen) atoms. The number of rotatable bonds is 6. The lowest BCUT2D eigenvalue weighted by Crippen LogP contribution is -2.40. The average Bonchev–Trinajstić information content (AvgIpc) is 2.70. The minimum atomic E-state index is -0.494. The van der Waals surface area contributed by atoms with E-state index in [1.165, 1.54) is 22.8 Å². The van der Waals surface area contributed by atoms with Crippen molar-refractivity contribution in [1.82, 2.24) is 14.5 Å². The Morgan fingerprint density at radius 3 is 2.77 bits per heavy atom. The third kappa shape index (κ3) is 4.62. The van der Waals surface area contributed by atoms with E-state index in [-0.39, 0.29) is 11.6 Å². The van der Waals surface area contributed by atoms with Crippen LogP contribution in [0.5, 0.6) is 0 Å². The van der Waals surface area contributed by atoms with Gasteiger partial charge in [0.1, 0.15) is 11.6 Å². The topological polar surface area (TPSA) is 67.2 Å². The number of carbonyl (C=O) groups excluding carboxylic acids is 1. The predicted octanol–water partition coefficient (Wildman–Crippen LogP) is 5.12. The summed E-state index contributed by atoms with van der Waals surface area (Å²) < 4.78 is 15.0. The fourth-order valence-electron chi connectivity index (χ4n) is 3.34. The van der Waals surface area contributed by atoms with Gasteiger partial charge < -0.3 is 10.2 Å². The number of unbranched alkanes of at least 4 members (excludes halogenated alkanes) is 1. The Labute approximate surface area is 179 Å². The molecule has 0 spiro atoms. The second-order valence-corrected chi connectivity index (χ2v) is 7.60. The van der Waals surface area contributed by atoms with E-state index in [4.69, 9.17) is 11.6 Å². The molecule has 2 aromatic carbocycles. The molecule has 2 amide bonds. The maximum Gasteiger partial charge on any atom is 0.322 e. The number of amides is 2. The molecule has 1 heterocycles. The summed E-state index contributed by atoms with van der Waals surface area (Å²) in [7, 11) is 1.64. The summed E-state index contributed by atoms with van der Waals surface area (Å²) in [6.45, 7) is 4.31. The number of halogens is 2. The lowest BCUT2D eigenvalue weighted by Gasteiger charge is -2.30. The molecule has 0 saturated heterocycles. The first-order valence-electron chi connectivity index (χ1n) is 9.81. The molecule has 1 unspecified atom stereocenters. The van der Waals surface area contributed by atoms with Crippen LogP contribution < -0.4 is 10.9 Å². The van der Waals surface area contributed by atoms with E-state index in [9.17, 15) is 14.0 Å². The van der Waals surface area contributed by atoms with Gasteiger partial charge in [-0.3, -0.25) is 9.36 Å². The Bertz CT molecular complexity index is 1130. The number of benzene rings is 2. The van der Waals surface area contributed by atoms with Crippen molar-refractivity contribution in [2.24, 2.45) is 7.05 Å². The molecule has 8 heteroatoms. The quantitative estimate of drug-likeness (QED) is 0.590. The SMILES string of the molecule is CCCCN(C(=O)Nc1cccc(F)c1)C(C)c1nc2cc(Cl)ccc2c(=O)n1C. The van der Waals surface area contributed by atoms with E-state index in [0.717, 1.165) is 12.8 Å². The van der Waals surface area contributed by atoms with Gasteiger partial charge in [-0.15, -0.1) is 0 Å². The lowest BCUT2D eigenvalue weighted by atomic mass is 10.2. The minimum absolute atomic E-state index is 0.209. The Hall–Kier alpha value is -2.93. The molecule has 3 aromatic rings. The minimum Gasteiger partial charge on any atom is -0.315 e. The van der Waals surface area contributed by atoms with Crippen LogP contribution in [-0.2, 0) is 7.05 Å². The number of aromatic nitrogens is 2. The molecule has 1 aromatic heterocycles. The average molecular weight is 431 g/mol. The molecule has 0 aliphatic heterocycles. The summed E-state index contributed by atoms with van der Waals surface area (Å²) in [5.41, 5.74) is 0.633. The number of anilines is 1. The molecule has 6 nitrogen and oxygen atoms in total. The van der Waals surface area contributed by atoms with Crippen LogP contribution >= 0.6 is 11.6 Å². The predicted molar refractivity (Wildman–Crippen MR) is 117 cm³/mol. The summed E-state index contributed by atoms with van der Waals surface area (Å²) >= 11 is 6.07. The van der Waals surface area contributed by atoms with Gasteiger partial charge in [0, 0.05) is 24.3 Å². The Morgan fingerprint density at radius 1 is 1.30 bits per heavy atom. The third-order valence-electron chi connectivity index (χ3n) is 5.00. The van der Waals surface area contributed by atoms with Crippen LogP contribution in [0, 0.1) is 5.82 Å². The normalized spacial score (nSPS) is 12.0. The van der Waals surface area contributed by atoms with Gasteiger partial charge in [-0.05, 0) is 49.7 Å². The number of nitrogens with zero attached hydrogens (tertiary/aromatic N) is 3. The van der Waals surface area contributed by atoms with Gasteiger partial charge in [-0.2, -0.15) is 0 Å². The standard InChI is InChI=1S/C22H24ClFN4O2/c1-4-5-11-28(22(30)25-17-8-6-7-16(24)13-17)14(2)20-26-19-12-15(23)9-10-18(19)21(29)27(20)3/h6-10,12-14H,4-5,11H2,1-3H3,(H,25,30). The van der Waals surface area contributed by atoms with E-state index >= 15 is 0 Å². The highest BCUT2D eigenvalue weighted by molar-refractivity contribution is 6.31. The zero-order valence-corrected chi connectivity index (χ0v) is 17.9. The van der Waals surface area contributed by atoms with Gasteiger partial charge in [-0.25, -0.2) is 14.2 Å². The first-order chi connectivity index (χ1) is 14.3. The maximum atomic E-state index is 13.5. The highest BCUT2D eigenvalue weighted by atomic mass is 35.5. The van der Waals surface area contributed by atoms with Crippen LogP contribution in [0.1, 0.15) is 38.6 Å². The monoisotopic (exact) mass is 430 g/mol. The summed E-state index contributed by atoms with van der Waals surface area (Å²) in [6.07, 6.45) is 1.66. The van der Waals surface area contributed by atoms with Crippen LogP contribution in [0.15, 0.2) is 47.3 Å². The molecular weight excluding hydrogens is 407 g/mol. The molecule has 1 N–H and O–H groups in total. The first-order valence-corrected chi connectivity index (χ1v) is 10.2. The fraction of sp³-hybridized carbons (Fsp3) is 0.318. The fourth-order valence-corrected chi connectivity index (χ4v) is 3.50. The number of urea groups is 1. The van der Waals surface area contributed by atoms with Gasteiger partial charge in [0.2, 0.25) is 0 Å². The van der Waals surface area contributed by atoms with Crippen LogP contribution in [0.4, 0.5) is 14.9 Å². The smallest absolute Gasteiger partial charge is 0.315 e. The van der Waals surface area contributed by atoms with Crippen molar-refractivity contribution < 1.29 is 9.18 Å². The molecule has 0 bridgehead atoms. The summed E-state index contributed by atoms with van der Waals surface area (Å²) in [5, 5.41) is 3.67. The van der Waals surface area contributed by atoms with Gasteiger partial charge in [0.15, 0.2) is 0 Å².